The molecule has 1 aromatic rings. The summed E-state index contributed by atoms with van der Waals surface area (Å²) >= 11 is 0. The molecule has 0 fully saturated rings. The predicted octanol–water partition coefficient (Wildman–Crippen LogP) is 2.48. The number of carbonyl (C=O) groups is 1. The zero-order chi connectivity index (χ0) is 16.8. The number of ether oxygens (including phenoxy) is 2. The fourth-order valence-corrected chi connectivity index (χ4v) is 1.65. The van der Waals surface area contributed by atoms with Crippen LogP contribution in [0.3, 0.4) is 0 Å². The summed E-state index contributed by atoms with van der Waals surface area (Å²) in [7, 11) is 1.59. The van der Waals surface area contributed by atoms with Crippen molar-refractivity contribution >= 4 is 6.09 Å². The second-order valence-corrected chi connectivity index (χ2v) is 6.80. The highest BCUT2D eigenvalue weighted by Crippen LogP contribution is 2.09. The molecule has 6 nitrogen and oxygen atoms in total. The molecule has 22 heavy (non-hydrogen) atoms. The van der Waals surface area contributed by atoms with Crippen LogP contribution in [0.15, 0.2) is 18.3 Å². The lowest BCUT2D eigenvalue weighted by atomic mass is 10.1. The van der Waals surface area contributed by atoms with Gasteiger partial charge in [-0.05, 0) is 40.2 Å². The Bertz CT molecular complexity index is 478. The molecular weight excluding hydrogens is 282 g/mol. The summed E-state index contributed by atoms with van der Waals surface area (Å²) in [5.41, 5.74) is 0.291. The molecule has 2 N–H and O–H groups in total. The number of aromatic nitrogens is 1. The van der Waals surface area contributed by atoms with E-state index < -0.39 is 11.7 Å². The van der Waals surface area contributed by atoms with Crippen molar-refractivity contribution in [2.45, 2.75) is 52.3 Å². The molecule has 0 aliphatic heterocycles. The van der Waals surface area contributed by atoms with Crippen LogP contribution in [-0.4, -0.2) is 35.9 Å². The Morgan fingerprint density at radius 1 is 1.23 bits per heavy atom. The van der Waals surface area contributed by atoms with E-state index in [4.69, 9.17) is 9.47 Å². The largest absolute Gasteiger partial charge is 0.481 e. The predicted molar refractivity (Wildman–Crippen MR) is 85.9 cm³/mol. The average molecular weight is 309 g/mol. The molecule has 1 amide bonds. The fraction of sp³-hybridized carbons (Fsp3) is 0.625. The van der Waals surface area contributed by atoms with Crippen LogP contribution < -0.4 is 15.4 Å². The van der Waals surface area contributed by atoms with E-state index in [0.717, 1.165) is 5.56 Å². The van der Waals surface area contributed by atoms with E-state index in [1.807, 2.05) is 46.8 Å². The molecule has 0 radical (unpaired) electrons. The van der Waals surface area contributed by atoms with Crippen LogP contribution in [0.2, 0.25) is 0 Å². The smallest absolute Gasteiger partial charge is 0.407 e. The van der Waals surface area contributed by atoms with Crippen LogP contribution >= 0.6 is 0 Å². The van der Waals surface area contributed by atoms with Gasteiger partial charge < -0.3 is 20.1 Å². The van der Waals surface area contributed by atoms with Crippen LogP contribution in [0.4, 0.5) is 4.79 Å². The Morgan fingerprint density at radius 3 is 2.41 bits per heavy atom. The SMILES string of the molecule is COc1ccc(CNC(C)(C)CNC(=O)OC(C)(C)C)cn1. The highest BCUT2D eigenvalue weighted by molar-refractivity contribution is 5.67. The van der Waals surface area contributed by atoms with E-state index >= 15 is 0 Å². The molecule has 0 bridgehead atoms. The number of hydrogen-bond donors (Lipinski definition) is 2. The maximum absolute atomic E-state index is 11.7. The molecule has 0 aliphatic rings. The third-order valence-corrected chi connectivity index (χ3v) is 2.85. The lowest BCUT2D eigenvalue weighted by molar-refractivity contribution is 0.0513. The van der Waals surface area contributed by atoms with Crippen LogP contribution in [0.1, 0.15) is 40.2 Å². The van der Waals surface area contributed by atoms with Gasteiger partial charge in [0.15, 0.2) is 0 Å². The maximum Gasteiger partial charge on any atom is 0.407 e. The van der Waals surface area contributed by atoms with Crippen molar-refractivity contribution in [1.82, 2.24) is 15.6 Å². The van der Waals surface area contributed by atoms with Gasteiger partial charge in [-0.1, -0.05) is 6.07 Å². The summed E-state index contributed by atoms with van der Waals surface area (Å²) in [6.07, 6.45) is 1.36. The Balaban J connectivity index is 2.41. The van der Waals surface area contributed by atoms with Gasteiger partial charge in [0.2, 0.25) is 5.88 Å². The van der Waals surface area contributed by atoms with Gasteiger partial charge in [-0.2, -0.15) is 0 Å². The number of nitrogens with zero attached hydrogens (tertiary/aromatic N) is 1. The Morgan fingerprint density at radius 2 is 1.91 bits per heavy atom. The normalized spacial score (nSPS) is 11.9. The summed E-state index contributed by atoms with van der Waals surface area (Å²) in [4.78, 5) is 15.8. The van der Waals surface area contributed by atoms with Crippen LogP contribution in [0.25, 0.3) is 0 Å². The third-order valence-electron chi connectivity index (χ3n) is 2.85. The molecule has 0 saturated heterocycles. The first kappa shape index (κ1) is 18.2. The summed E-state index contributed by atoms with van der Waals surface area (Å²) in [5.74, 6) is 0.592. The molecule has 1 heterocycles. The van der Waals surface area contributed by atoms with Crippen molar-refractivity contribution in [1.29, 1.82) is 0 Å². The zero-order valence-electron chi connectivity index (χ0n) is 14.3. The summed E-state index contributed by atoms with van der Waals surface area (Å²) < 4.78 is 10.2. The van der Waals surface area contributed by atoms with E-state index in [0.29, 0.717) is 19.0 Å². The van der Waals surface area contributed by atoms with Crippen molar-refractivity contribution in [2.75, 3.05) is 13.7 Å². The lowest BCUT2D eigenvalue weighted by Gasteiger charge is -2.28. The number of pyridine rings is 1. The highest BCUT2D eigenvalue weighted by Gasteiger charge is 2.21. The molecule has 6 heteroatoms. The number of amides is 1. The molecule has 0 atom stereocenters. The topological polar surface area (TPSA) is 72.5 Å². The number of rotatable bonds is 6. The third kappa shape index (κ3) is 7.26. The maximum atomic E-state index is 11.7. The number of carbonyl (C=O) groups excluding carboxylic acids is 1. The van der Waals surface area contributed by atoms with E-state index in [-0.39, 0.29) is 5.54 Å². The first-order valence-corrected chi connectivity index (χ1v) is 7.32. The summed E-state index contributed by atoms with van der Waals surface area (Å²) in [6, 6.07) is 3.78. The number of nitrogens with one attached hydrogen (secondary N) is 2. The molecule has 124 valence electrons. The van der Waals surface area contributed by atoms with Gasteiger partial charge in [0, 0.05) is 30.9 Å². The van der Waals surface area contributed by atoms with Gasteiger partial charge in [0.25, 0.3) is 0 Å². The van der Waals surface area contributed by atoms with E-state index in [2.05, 4.69) is 15.6 Å². The summed E-state index contributed by atoms with van der Waals surface area (Å²) in [6.45, 7) is 10.7. The minimum absolute atomic E-state index is 0.267. The van der Waals surface area contributed by atoms with Crippen molar-refractivity contribution in [3.05, 3.63) is 23.9 Å². The Labute approximate surface area is 132 Å². The van der Waals surface area contributed by atoms with Crippen molar-refractivity contribution < 1.29 is 14.3 Å². The second kappa shape index (κ2) is 7.45. The quantitative estimate of drug-likeness (QED) is 0.844. The first-order valence-electron chi connectivity index (χ1n) is 7.32. The molecule has 0 aromatic carbocycles. The number of hydrogen-bond acceptors (Lipinski definition) is 5. The molecule has 0 saturated carbocycles. The molecule has 0 unspecified atom stereocenters. The van der Waals surface area contributed by atoms with Gasteiger partial charge in [0.05, 0.1) is 7.11 Å². The van der Waals surface area contributed by atoms with E-state index in [1.54, 1.807) is 13.3 Å². The van der Waals surface area contributed by atoms with E-state index in [9.17, 15) is 4.79 Å². The molecular formula is C16H27N3O3. The number of alkyl carbamates (subject to hydrolysis) is 1. The monoisotopic (exact) mass is 309 g/mol. The minimum atomic E-state index is -0.490. The fourth-order valence-electron chi connectivity index (χ4n) is 1.65. The number of methoxy groups -OCH3 is 1. The van der Waals surface area contributed by atoms with Gasteiger partial charge >= 0.3 is 6.09 Å². The molecule has 1 aromatic heterocycles. The van der Waals surface area contributed by atoms with Gasteiger partial charge in [-0.25, -0.2) is 9.78 Å². The van der Waals surface area contributed by atoms with Gasteiger partial charge in [-0.15, -0.1) is 0 Å². The summed E-state index contributed by atoms with van der Waals surface area (Å²) in [5, 5.41) is 6.15. The Kier molecular flexibility index (Phi) is 6.17. The van der Waals surface area contributed by atoms with Crippen LogP contribution in [0, 0.1) is 0 Å². The first-order chi connectivity index (χ1) is 10.1. The molecule has 0 aliphatic carbocycles. The van der Waals surface area contributed by atoms with Crippen molar-refractivity contribution in [3.63, 3.8) is 0 Å². The van der Waals surface area contributed by atoms with Crippen molar-refractivity contribution in [2.24, 2.45) is 0 Å². The van der Waals surface area contributed by atoms with Gasteiger partial charge in [0.1, 0.15) is 5.60 Å². The highest BCUT2D eigenvalue weighted by atomic mass is 16.6. The van der Waals surface area contributed by atoms with Crippen molar-refractivity contribution in [3.8, 4) is 5.88 Å². The molecule has 0 spiro atoms. The minimum Gasteiger partial charge on any atom is -0.481 e. The zero-order valence-corrected chi connectivity index (χ0v) is 14.3. The average Bonchev–Trinajstić information content (AvgIpc) is 2.42. The van der Waals surface area contributed by atoms with Gasteiger partial charge in [-0.3, -0.25) is 0 Å². The standard InChI is InChI=1S/C16H27N3O3/c1-15(2,3)22-14(20)18-11-16(4,5)19-10-12-7-8-13(21-6)17-9-12/h7-9,19H,10-11H2,1-6H3,(H,18,20). The second-order valence-electron chi connectivity index (χ2n) is 6.80. The van der Waals surface area contributed by atoms with Crippen LogP contribution in [-0.2, 0) is 11.3 Å². The van der Waals surface area contributed by atoms with Crippen LogP contribution in [0.5, 0.6) is 5.88 Å². The lowest BCUT2D eigenvalue weighted by Crippen LogP contribution is -2.49. The van der Waals surface area contributed by atoms with E-state index in [1.165, 1.54) is 0 Å². The molecule has 1 rings (SSSR count). The Hall–Kier alpha value is -1.82.